The highest BCUT2D eigenvalue weighted by molar-refractivity contribution is 5.70. The standard InChI is InChI=1S/C17H27NO10/c1-8(19)24-7-11-13(25-9(2)20)14(26-10(3)21)12(15(22)27-11)18-16(23)28-17(4,5)6/h11-15,22H,7H2,1-6H3,(H,18,23)/t11?,12?,13-,14+,15?/m0/s1. The van der Waals surface area contributed by atoms with E-state index in [1.807, 2.05) is 0 Å². The molecule has 0 aliphatic carbocycles. The highest BCUT2D eigenvalue weighted by atomic mass is 16.7. The van der Waals surface area contributed by atoms with E-state index in [2.05, 4.69) is 5.32 Å². The van der Waals surface area contributed by atoms with Crippen LogP contribution in [0.5, 0.6) is 0 Å². The van der Waals surface area contributed by atoms with Gasteiger partial charge in [-0.2, -0.15) is 0 Å². The van der Waals surface area contributed by atoms with Crippen molar-refractivity contribution in [2.24, 2.45) is 0 Å². The normalized spacial score (nSPS) is 27.3. The largest absolute Gasteiger partial charge is 0.463 e. The van der Waals surface area contributed by atoms with Crippen molar-refractivity contribution in [2.75, 3.05) is 6.61 Å². The van der Waals surface area contributed by atoms with Gasteiger partial charge in [-0.15, -0.1) is 0 Å². The van der Waals surface area contributed by atoms with Gasteiger partial charge in [0.25, 0.3) is 0 Å². The first-order valence-corrected chi connectivity index (χ1v) is 8.61. The summed E-state index contributed by atoms with van der Waals surface area (Å²) >= 11 is 0. The third-order valence-corrected chi connectivity index (χ3v) is 3.40. The average Bonchev–Trinajstić information content (AvgIpc) is 2.49. The van der Waals surface area contributed by atoms with Gasteiger partial charge in [0, 0.05) is 20.8 Å². The Balaban J connectivity index is 3.12. The molecule has 1 amide bonds. The fourth-order valence-electron chi connectivity index (χ4n) is 2.52. The van der Waals surface area contributed by atoms with E-state index in [9.17, 15) is 24.3 Å². The minimum atomic E-state index is -1.66. The summed E-state index contributed by atoms with van der Waals surface area (Å²) in [6.07, 6.45) is -6.28. The van der Waals surface area contributed by atoms with Gasteiger partial charge < -0.3 is 34.1 Å². The molecule has 0 radical (unpaired) electrons. The summed E-state index contributed by atoms with van der Waals surface area (Å²) in [4.78, 5) is 46.3. The van der Waals surface area contributed by atoms with Crippen LogP contribution >= 0.6 is 0 Å². The SMILES string of the molecule is CC(=O)OCC1OC(O)C(NC(=O)OC(C)(C)C)[C@@H](OC(C)=O)[C@H]1OC(C)=O. The number of ether oxygens (including phenoxy) is 5. The number of esters is 3. The van der Waals surface area contributed by atoms with Gasteiger partial charge in [0.05, 0.1) is 0 Å². The minimum Gasteiger partial charge on any atom is -0.463 e. The Morgan fingerprint density at radius 1 is 0.964 bits per heavy atom. The zero-order valence-electron chi connectivity index (χ0n) is 16.7. The van der Waals surface area contributed by atoms with Gasteiger partial charge in [-0.3, -0.25) is 14.4 Å². The van der Waals surface area contributed by atoms with Gasteiger partial charge in [-0.1, -0.05) is 0 Å². The smallest absolute Gasteiger partial charge is 0.408 e. The first-order chi connectivity index (χ1) is 12.8. The maximum Gasteiger partial charge on any atom is 0.408 e. The summed E-state index contributed by atoms with van der Waals surface area (Å²) in [5.74, 6) is -2.11. The van der Waals surface area contributed by atoms with E-state index in [1.54, 1.807) is 20.8 Å². The second-order valence-electron chi connectivity index (χ2n) is 7.19. The number of hydrogen-bond donors (Lipinski definition) is 2. The third-order valence-electron chi connectivity index (χ3n) is 3.40. The van der Waals surface area contributed by atoms with Crippen LogP contribution in [0.2, 0.25) is 0 Å². The van der Waals surface area contributed by atoms with Gasteiger partial charge >= 0.3 is 24.0 Å². The second-order valence-corrected chi connectivity index (χ2v) is 7.19. The average molecular weight is 405 g/mol. The molecule has 28 heavy (non-hydrogen) atoms. The summed E-state index contributed by atoms with van der Waals surface area (Å²) in [6.45, 7) is 7.94. The quantitative estimate of drug-likeness (QED) is 0.474. The number of nitrogens with one attached hydrogen (secondary N) is 1. The molecule has 1 aliphatic heterocycles. The van der Waals surface area contributed by atoms with E-state index in [0.29, 0.717) is 0 Å². The highest BCUT2D eigenvalue weighted by Gasteiger charge is 2.50. The maximum absolute atomic E-state index is 12.1. The van der Waals surface area contributed by atoms with Crippen molar-refractivity contribution >= 4 is 24.0 Å². The van der Waals surface area contributed by atoms with E-state index >= 15 is 0 Å². The molecular weight excluding hydrogens is 378 g/mol. The summed E-state index contributed by atoms with van der Waals surface area (Å²) < 4.78 is 25.7. The van der Waals surface area contributed by atoms with E-state index in [4.69, 9.17) is 23.7 Å². The van der Waals surface area contributed by atoms with Crippen LogP contribution < -0.4 is 5.32 Å². The van der Waals surface area contributed by atoms with Crippen LogP contribution in [-0.4, -0.2) is 72.0 Å². The van der Waals surface area contributed by atoms with Crippen molar-refractivity contribution in [2.45, 2.75) is 77.8 Å². The number of aliphatic hydroxyl groups is 1. The number of alkyl carbamates (subject to hydrolysis) is 1. The fraction of sp³-hybridized carbons (Fsp3) is 0.765. The molecule has 0 aromatic carbocycles. The van der Waals surface area contributed by atoms with E-state index < -0.39 is 60.2 Å². The molecule has 1 rings (SSSR count). The molecule has 1 heterocycles. The van der Waals surface area contributed by atoms with Gasteiger partial charge in [0.1, 0.15) is 24.4 Å². The van der Waals surface area contributed by atoms with Crippen LogP contribution in [0.4, 0.5) is 4.79 Å². The minimum absolute atomic E-state index is 0.374. The van der Waals surface area contributed by atoms with Crippen molar-refractivity contribution in [1.29, 1.82) is 0 Å². The Morgan fingerprint density at radius 2 is 1.50 bits per heavy atom. The van der Waals surface area contributed by atoms with Crippen molar-refractivity contribution in [3.8, 4) is 0 Å². The first kappa shape index (κ1) is 23.6. The van der Waals surface area contributed by atoms with Gasteiger partial charge in [-0.05, 0) is 20.8 Å². The van der Waals surface area contributed by atoms with Crippen molar-refractivity contribution in [3.05, 3.63) is 0 Å². The van der Waals surface area contributed by atoms with Gasteiger partial charge in [0.2, 0.25) is 0 Å². The third kappa shape index (κ3) is 7.69. The number of carbonyl (C=O) groups is 4. The summed E-state index contributed by atoms with van der Waals surface area (Å²) in [5, 5.41) is 12.7. The maximum atomic E-state index is 12.1. The lowest BCUT2D eigenvalue weighted by Gasteiger charge is -2.43. The Hall–Kier alpha value is -2.40. The molecule has 0 aromatic rings. The Bertz CT molecular complexity index is 599. The zero-order chi connectivity index (χ0) is 21.6. The second kappa shape index (κ2) is 9.69. The topological polar surface area (TPSA) is 147 Å². The van der Waals surface area contributed by atoms with Crippen LogP contribution in [0.1, 0.15) is 41.5 Å². The molecular formula is C17H27NO10. The van der Waals surface area contributed by atoms with E-state index in [1.165, 1.54) is 0 Å². The number of aliphatic hydroxyl groups excluding tert-OH is 1. The summed E-state index contributed by atoms with van der Waals surface area (Å²) in [7, 11) is 0. The molecule has 0 spiro atoms. The van der Waals surface area contributed by atoms with Gasteiger partial charge in [-0.25, -0.2) is 4.79 Å². The molecule has 0 saturated carbocycles. The highest BCUT2D eigenvalue weighted by Crippen LogP contribution is 2.26. The molecule has 11 heteroatoms. The molecule has 2 N–H and O–H groups in total. The molecule has 1 saturated heterocycles. The van der Waals surface area contributed by atoms with Crippen LogP contribution in [0.25, 0.3) is 0 Å². The van der Waals surface area contributed by atoms with Crippen LogP contribution in [0, 0.1) is 0 Å². The van der Waals surface area contributed by atoms with Crippen LogP contribution in [0.3, 0.4) is 0 Å². The predicted octanol–water partition coefficient (Wildman–Crippen LogP) is 0.0234. The molecule has 1 aliphatic rings. The number of rotatable bonds is 5. The predicted molar refractivity (Wildman–Crippen MR) is 91.8 cm³/mol. The van der Waals surface area contributed by atoms with Crippen LogP contribution in [0.15, 0.2) is 0 Å². The Morgan fingerprint density at radius 3 is 1.96 bits per heavy atom. The molecule has 3 unspecified atom stereocenters. The molecule has 1 fully saturated rings. The van der Waals surface area contributed by atoms with Crippen molar-refractivity contribution in [1.82, 2.24) is 5.32 Å². The Labute approximate surface area is 162 Å². The molecule has 0 aromatic heterocycles. The van der Waals surface area contributed by atoms with Crippen molar-refractivity contribution in [3.63, 3.8) is 0 Å². The lowest BCUT2D eigenvalue weighted by Crippen LogP contribution is -2.66. The monoisotopic (exact) mass is 405 g/mol. The molecule has 160 valence electrons. The van der Waals surface area contributed by atoms with E-state index in [0.717, 1.165) is 20.8 Å². The fourth-order valence-corrected chi connectivity index (χ4v) is 2.52. The Kier molecular flexibility index (Phi) is 8.18. The van der Waals surface area contributed by atoms with E-state index in [-0.39, 0.29) is 6.61 Å². The first-order valence-electron chi connectivity index (χ1n) is 8.61. The molecule has 0 bridgehead atoms. The van der Waals surface area contributed by atoms with Crippen molar-refractivity contribution < 1.29 is 48.0 Å². The lowest BCUT2D eigenvalue weighted by atomic mass is 9.96. The number of amides is 1. The van der Waals surface area contributed by atoms with Crippen LogP contribution in [-0.2, 0) is 38.1 Å². The summed E-state index contributed by atoms with van der Waals surface area (Å²) in [5.41, 5.74) is -0.825. The molecule has 5 atom stereocenters. The number of carbonyl (C=O) groups excluding carboxylic acids is 4. The number of hydrogen-bond acceptors (Lipinski definition) is 10. The summed E-state index contributed by atoms with van der Waals surface area (Å²) in [6, 6.07) is -1.31. The van der Waals surface area contributed by atoms with Gasteiger partial charge in [0.15, 0.2) is 18.5 Å². The molecule has 11 nitrogen and oxygen atoms in total. The zero-order valence-corrected chi connectivity index (χ0v) is 16.7. The lowest BCUT2D eigenvalue weighted by molar-refractivity contribution is -0.264.